The van der Waals surface area contributed by atoms with Gasteiger partial charge in [0.25, 0.3) is 0 Å². The average molecular weight is 197 g/mol. The molecule has 2 rings (SSSR count). The maximum absolute atomic E-state index is 9.53. The van der Waals surface area contributed by atoms with E-state index in [2.05, 4.69) is 6.07 Å². The summed E-state index contributed by atoms with van der Waals surface area (Å²) in [6.45, 7) is 2.04. The fourth-order valence-electron chi connectivity index (χ4n) is 1.62. The van der Waals surface area contributed by atoms with E-state index >= 15 is 0 Å². The molecule has 1 aliphatic carbocycles. The highest BCUT2D eigenvalue weighted by Crippen LogP contribution is 2.44. The molecule has 1 nitrogen and oxygen atoms in total. The van der Waals surface area contributed by atoms with Crippen molar-refractivity contribution in [1.82, 2.24) is 0 Å². The first-order valence-corrected chi connectivity index (χ1v) is 5.11. The molecule has 0 aromatic heterocycles. The molecular formula is C11H13ClO. The Bertz CT molecular complexity index is 329. The van der Waals surface area contributed by atoms with E-state index in [1.54, 1.807) is 6.07 Å². The first kappa shape index (κ1) is 8.89. The van der Waals surface area contributed by atoms with Crippen molar-refractivity contribution in [3.63, 3.8) is 0 Å². The smallest absolute Gasteiger partial charge is 0.120 e. The number of hydrogen-bond donors (Lipinski definition) is 1. The topological polar surface area (TPSA) is 20.2 Å². The predicted octanol–water partition coefficient (Wildman–Crippen LogP) is 3.49. The van der Waals surface area contributed by atoms with E-state index in [0.717, 1.165) is 17.0 Å². The summed E-state index contributed by atoms with van der Waals surface area (Å²) in [6.07, 6.45) is 3.35. The third kappa shape index (κ3) is 1.66. The molecule has 1 fully saturated rings. The van der Waals surface area contributed by atoms with Gasteiger partial charge in [0.15, 0.2) is 0 Å². The lowest BCUT2D eigenvalue weighted by atomic mass is 10.0. The van der Waals surface area contributed by atoms with Gasteiger partial charge in [0.2, 0.25) is 0 Å². The minimum absolute atomic E-state index is 0.330. The molecule has 2 heteroatoms. The Labute approximate surface area is 83.3 Å². The first-order chi connectivity index (χ1) is 6.22. The summed E-state index contributed by atoms with van der Waals surface area (Å²) in [6, 6.07) is 3.73. The summed E-state index contributed by atoms with van der Waals surface area (Å²) in [4.78, 5) is 0. The highest BCUT2D eigenvalue weighted by molar-refractivity contribution is 6.31. The Balaban J connectivity index is 2.44. The quantitative estimate of drug-likeness (QED) is 0.768. The number of aryl methyl sites for hydroxylation is 1. The van der Waals surface area contributed by atoms with Crippen LogP contribution in [0.4, 0.5) is 0 Å². The number of phenols is 1. The van der Waals surface area contributed by atoms with Crippen molar-refractivity contribution in [3.8, 4) is 5.75 Å². The summed E-state index contributed by atoms with van der Waals surface area (Å²) in [5.41, 5.74) is 2.22. The molecule has 0 heterocycles. The number of benzene rings is 1. The largest absolute Gasteiger partial charge is 0.508 e. The second-order valence-electron chi connectivity index (χ2n) is 3.63. The third-order valence-electron chi connectivity index (χ3n) is 2.60. The highest BCUT2D eigenvalue weighted by atomic mass is 35.5. The fraction of sp³-hybridized carbons (Fsp3) is 0.455. The van der Waals surface area contributed by atoms with Crippen LogP contribution >= 0.6 is 11.6 Å². The van der Waals surface area contributed by atoms with Crippen LogP contribution in [-0.4, -0.2) is 5.11 Å². The van der Waals surface area contributed by atoms with Crippen molar-refractivity contribution >= 4 is 11.6 Å². The number of hydrogen-bond acceptors (Lipinski definition) is 1. The maximum Gasteiger partial charge on any atom is 0.120 e. The fourth-order valence-corrected chi connectivity index (χ4v) is 1.93. The molecule has 1 N–H and O–H groups in total. The molecule has 0 radical (unpaired) electrons. The Morgan fingerprint density at radius 1 is 1.46 bits per heavy atom. The summed E-state index contributed by atoms with van der Waals surface area (Å²) in [7, 11) is 0. The van der Waals surface area contributed by atoms with Gasteiger partial charge in [0, 0.05) is 5.02 Å². The van der Waals surface area contributed by atoms with E-state index in [1.165, 1.54) is 18.4 Å². The van der Waals surface area contributed by atoms with Crippen molar-refractivity contribution in [2.75, 3.05) is 0 Å². The van der Waals surface area contributed by atoms with Gasteiger partial charge in [0.05, 0.1) is 0 Å². The van der Waals surface area contributed by atoms with Crippen LogP contribution in [0.25, 0.3) is 0 Å². The third-order valence-corrected chi connectivity index (χ3v) is 2.92. The first-order valence-electron chi connectivity index (χ1n) is 4.73. The number of rotatable bonds is 2. The van der Waals surface area contributed by atoms with Gasteiger partial charge >= 0.3 is 0 Å². The summed E-state index contributed by atoms with van der Waals surface area (Å²) >= 11 is 6.03. The lowest BCUT2D eigenvalue weighted by molar-refractivity contribution is 0.468. The maximum atomic E-state index is 9.53. The average Bonchev–Trinajstić information content (AvgIpc) is 2.88. The molecule has 0 aliphatic heterocycles. The van der Waals surface area contributed by atoms with Crippen LogP contribution in [0.15, 0.2) is 12.1 Å². The molecule has 70 valence electrons. The van der Waals surface area contributed by atoms with Crippen molar-refractivity contribution in [2.24, 2.45) is 0 Å². The Morgan fingerprint density at radius 2 is 2.15 bits per heavy atom. The van der Waals surface area contributed by atoms with Crippen LogP contribution < -0.4 is 0 Å². The van der Waals surface area contributed by atoms with Crippen LogP contribution in [0.5, 0.6) is 5.75 Å². The number of aromatic hydroxyl groups is 1. The Hall–Kier alpha value is -0.690. The van der Waals surface area contributed by atoms with Gasteiger partial charge in [-0.25, -0.2) is 0 Å². The molecule has 0 bridgehead atoms. The normalized spacial score (nSPS) is 16.2. The van der Waals surface area contributed by atoms with Gasteiger partial charge in [0.1, 0.15) is 5.75 Å². The molecule has 1 saturated carbocycles. The molecule has 0 spiro atoms. The number of phenolic OH excluding ortho intramolecular Hbond substituents is 1. The van der Waals surface area contributed by atoms with E-state index < -0.39 is 0 Å². The predicted molar refractivity (Wildman–Crippen MR) is 54.5 cm³/mol. The minimum Gasteiger partial charge on any atom is -0.508 e. The highest BCUT2D eigenvalue weighted by Gasteiger charge is 2.26. The van der Waals surface area contributed by atoms with Gasteiger partial charge in [-0.15, -0.1) is 0 Å². The molecule has 0 amide bonds. The lowest BCUT2D eigenvalue weighted by Crippen LogP contribution is -1.87. The molecule has 0 atom stereocenters. The van der Waals surface area contributed by atoms with Gasteiger partial charge < -0.3 is 5.11 Å². The van der Waals surface area contributed by atoms with Crippen molar-refractivity contribution < 1.29 is 5.11 Å². The molecule has 0 unspecified atom stereocenters. The van der Waals surface area contributed by atoms with E-state index in [0.29, 0.717) is 11.7 Å². The van der Waals surface area contributed by atoms with Crippen LogP contribution in [0, 0.1) is 0 Å². The zero-order valence-electron chi connectivity index (χ0n) is 7.68. The summed E-state index contributed by atoms with van der Waals surface area (Å²) in [5, 5.41) is 10.3. The lowest BCUT2D eigenvalue weighted by Gasteiger charge is -2.07. The van der Waals surface area contributed by atoms with Crippen LogP contribution in [-0.2, 0) is 6.42 Å². The van der Waals surface area contributed by atoms with Gasteiger partial charge in [-0.2, -0.15) is 0 Å². The minimum atomic E-state index is 0.330. The van der Waals surface area contributed by atoms with Crippen molar-refractivity contribution in [3.05, 3.63) is 28.3 Å². The molecule has 1 aromatic rings. The molecule has 13 heavy (non-hydrogen) atoms. The summed E-state index contributed by atoms with van der Waals surface area (Å²) < 4.78 is 0. The van der Waals surface area contributed by atoms with Gasteiger partial charge in [-0.3, -0.25) is 0 Å². The van der Waals surface area contributed by atoms with E-state index in [-0.39, 0.29) is 0 Å². The monoisotopic (exact) mass is 196 g/mol. The van der Waals surface area contributed by atoms with E-state index in [4.69, 9.17) is 11.6 Å². The van der Waals surface area contributed by atoms with Crippen LogP contribution in [0.3, 0.4) is 0 Å². The van der Waals surface area contributed by atoms with Crippen molar-refractivity contribution in [1.29, 1.82) is 0 Å². The second-order valence-corrected chi connectivity index (χ2v) is 4.04. The zero-order chi connectivity index (χ0) is 9.42. The van der Waals surface area contributed by atoms with Gasteiger partial charge in [-0.1, -0.05) is 24.6 Å². The second kappa shape index (κ2) is 3.22. The molecule has 1 aliphatic rings. The Kier molecular flexibility index (Phi) is 2.20. The summed E-state index contributed by atoms with van der Waals surface area (Å²) in [5.74, 6) is 0.982. The van der Waals surface area contributed by atoms with E-state index in [1.807, 2.05) is 6.92 Å². The standard InChI is InChI=1S/C11H13ClO/c1-2-7-5-9(8-3-4-8)10(12)6-11(7)13/h5-6,8,13H,2-4H2,1H3. The SMILES string of the molecule is CCc1cc(C2CC2)c(Cl)cc1O. The zero-order valence-corrected chi connectivity index (χ0v) is 8.43. The van der Waals surface area contributed by atoms with Gasteiger partial charge in [-0.05, 0) is 42.4 Å². The van der Waals surface area contributed by atoms with Crippen molar-refractivity contribution in [2.45, 2.75) is 32.1 Å². The number of halogens is 1. The molecule has 1 aromatic carbocycles. The van der Waals surface area contributed by atoms with Crippen LogP contribution in [0.2, 0.25) is 5.02 Å². The molecule has 0 saturated heterocycles. The van der Waals surface area contributed by atoms with Crippen LogP contribution in [0.1, 0.15) is 36.8 Å². The molecular weight excluding hydrogens is 184 g/mol. The Morgan fingerprint density at radius 3 is 2.69 bits per heavy atom. The van der Waals surface area contributed by atoms with E-state index in [9.17, 15) is 5.11 Å².